The number of nitro benzene ring substituents is 2. The highest BCUT2D eigenvalue weighted by Crippen LogP contribution is 2.22. The van der Waals surface area contributed by atoms with Crippen molar-refractivity contribution in [3.05, 3.63) is 93.0 Å². The summed E-state index contributed by atoms with van der Waals surface area (Å²) in [6.07, 6.45) is 1.66. The fourth-order valence-corrected chi connectivity index (χ4v) is 8.10. The van der Waals surface area contributed by atoms with Gasteiger partial charge in [0.15, 0.2) is 0 Å². The Morgan fingerprint density at radius 2 is 0.818 bits per heavy atom. The number of non-ortho nitro benzene ring substituents is 2. The van der Waals surface area contributed by atoms with E-state index in [9.17, 15) is 34.6 Å². The number of nitro groups is 2. The topological polar surface area (TPSA) is 256 Å². The fraction of sp³-hybridized carbons (Fsp3) is 0.611. The lowest BCUT2D eigenvalue weighted by molar-refractivity contribution is -0.385. The summed E-state index contributed by atoms with van der Waals surface area (Å²) in [5.74, 6) is 0. The van der Waals surface area contributed by atoms with Gasteiger partial charge in [-0.05, 0) is 143 Å². The standard InChI is InChI=1S/C18H28N4O4.C18H30N4O2.C10H13N3O2.C8H16BrNO2/c1-18(2,3)26-17(23)19-9-4-10-20-11-13-21(14-12-20)15-5-7-16(8-6-15)22(24)25;1-18(2,3)24-17(23)20-9-4-10-21-11-13-22(14-12-21)16-7-5-15(19)6-8-16;14-13(15)10-3-1-9(2-4-10)12-7-5-11-6-8-12;1-8(2,3)12-7(11)10-6-4-5-9/h5-8H,4,9-14H2,1-3H3,(H,19,23);5-8H,4,9-14,19H2,1-3H3,(H,20,23);1-4,11H,5-8H2;4-6H2,1-3H3,(H,10,11). The summed E-state index contributed by atoms with van der Waals surface area (Å²) in [6.45, 7) is 32.1. The average molecular weight is 1140 g/mol. The van der Waals surface area contributed by atoms with E-state index in [1.807, 2.05) is 86.6 Å². The number of nitrogens with one attached hydrogen (secondary N) is 4. The van der Waals surface area contributed by atoms with Gasteiger partial charge in [0.25, 0.3) is 11.4 Å². The van der Waals surface area contributed by atoms with Crippen molar-refractivity contribution in [3.8, 4) is 0 Å². The van der Waals surface area contributed by atoms with E-state index in [1.54, 1.807) is 36.4 Å². The predicted octanol–water partition coefficient (Wildman–Crippen LogP) is 8.24. The van der Waals surface area contributed by atoms with Crippen molar-refractivity contribution in [2.24, 2.45) is 0 Å². The molecule has 3 heterocycles. The number of nitrogens with two attached hydrogens (primary N) is 1. The van der Waals surface area contributed by atoms with Crippen molar-refractivity contribution in [2.75, 3.05) is 137 Å². The molecule has 3 aliphatic rings. The number of alkyl halides is 1. The van der Waals surface area contributed by atoms with Gasteiger partial charge in [0.05, 0.1) is 9.85 Å². The zero-order valence-electron chi connectivity index (χ0n) is 46.9. The molecule has 23 heteroatoms. The SMILES string of the molecule is CC(C)(C)OC(=O)NCCCBr.CC(C)(C)OC(=O)NCCCN1CCN(c2ccc(N)cc2)CC1.CC(C)(C)OC(=O)NCCCN1CCN(c2ccc([N+](=O)[O-])cc2)CC1.O=[N+]([O-])c1ccc(N2CCNCC2)cc1. The molecule has 6 N–H and O–H groups in total. The van der Waals surface area contributed by atoms with E-state index < -0.39 is 16.8 Å². The van der Waals surface area contributed by atoms with Gasteiger partial charge in [-0.1, -0.05) is 15.9 Å². The number of hydrogen-bond donors (Lipinski definition) is 5. The molecule has 3 amide bonds. The molecule has 0 spiro atoms. The molecule has 6 rings (SSSR count). The monoisotopic (exact) mass is 1140 g/mol. The second kappa shape index (κ2) is 33.2. The van der Waals surface area contributed by atoms with Crippen LogP contribution >= 0.6 is 15.9 Å². The summed E-state index contributed by atoms with van der Waals surface area (Å²) in [5, 5.41) is 33.6. The molecule has 77 heavy (non-hydrogen) atoms. The lowest BCUT2D eigenvalue weighted by Gasteiger charge is -2.36. The number of ether oxygens (including phenoxy) is 3. The summed E-state index contributed by atoms with van der Waals surface area (Å²) < 4.78 is 15.4. The average Bonchev–Trinajstić information content (AvgIpc) is 3.37. The van der Waals surface area contributed by atoms with Gasteiger partial charge < -0.3 is 55.9 Å². The first-order valence-electron chi connectivity index (χ1n) is 26.5. The Kier molecular flexibility index (Phi) is 28.1. The maximum Gasteiger partial charge on any atom is 0.407 e. The number of piperazine rings is 3. The Hall–Kier alpha value is -6.17. The minimum Gasteiger partial charge on any atom is -0.444 e. The minimum absolute atomic E-state index is 0.116. The van der Waals surface area contributed by atoms with E-state index in [4.69, 9.17) is 19.9 Å². The van der Waals surface area contributed by atoms with Crippen molar-refractivity contribution in [1.29, 1.82) is 0 Å². The van der Waals surface area contributed by atoms with Gasteiger partial charge in [-0.2, -0.15) is 0 Å². The van der Waals surface area contributed by atoms with Crippen molar-refractivity contribution in [3.63, 3.8) is 0 Å². The normalized spacial score (nSPS) is 15.2. The quantitative estimate of drug-likeness (QED) is 0.0226. The molecule has 0 unspecified atom stereocenters. The Morgan fingerprint density at radius 1 is 0.519 bits per heavy atom. The van der Waals surface area contributed by atoms with Crippen LogP contribution < -0.4 is 41.7 Å². The van der Waals surface area contributed by atoms with Gasteiger partial charge in [-0.3, -0.25) is 30.0 Å². The van der Waals surface area contributed by atoms with Gasteiger partial charge >= 0.3 is 18.3 Å². The molecule has 0 atom stereocenters. The van der Waals surface area contributed by atoms with E-state index in [0.717, 1.165) is 133 Å². The number of benzene rings is 3. The molecule has 22 nitrogen and oxygen atoms in total. The smallest absolute Gasteiger partial charge is 0.407 e. The number of carbonyl (C=O) groups excluding carboxylic acids is 3. The van der Waals surface area contributed by atoms with Crippen LogP contribution in [0, 0.1) is 20.2 Å². The lowest BCUT2D eigenvalue weighted by Crippen LogP contribution is -2.47. The van der Waals surface area contributed by atoms with Crippen LogP contribution in [0.25, 0.3) is 0 Å². The van der Waals surface area contributed by atoms with Crippen molar-refractivity contribution in [2.45, 2.75) is 98.4 Å². The zero-order chi connectivity index (χ0) is 57.0. The number of amides is 3. The van der Waals surface area contributed by atoms with E-state index >= 15 is 0 Å². The fourth-order valence-electron chi connectivity index (χ4n) is 7.82. The van der Waals surface area contributed by atoms with Crippen LogP contribution in [-0.2, 0) is 14.2 Å². The molecule has 0 radical (unpaired) electrons. The summed E-state index contributed by atoms with van der Waals surface area (Å²) in [6, 6.07) is 21.5. The first-order chi connectivity index (χ1) is 36.3. The molecule has 0 saturated carbocycles. The molecule has 0 aromatic heterocycles. The van der Waals surface area contributed by atoms with Crippen LogP contribution in [0.15, 0.2) is 72.8 Å². The highest BCUT2D eigenvalue weighted by atomic mass is 79.9. The van der Waals surface area contributed by atoms with Gasteiger partial charge in [-0.15, -0.1) is 0 Å². The predicted molar refractivity (Wildman–Crippen MR) is 310 cm³/mol. The third-order valence-corrected chi connectivity index (χ3v) is 12.1. The highest BCUT2D eigenvalue weighted by molar-refractivity contribution is 9.09. The maximum absolute atomic E-state index is 11.6. The first kappa shape index (κ1) is 65.1. The van der Waals surface area contributed by atoms with E-state index in [-0.39, 0.29) is 39.5 Å². The second-order valence-electron chi connectivity index (χ2n) is 21.6. The highest BCUT2D eigenvalue weighted by Gasteiger charge is 2.21. The number of nitrogens with zero attached hydrogens (tertiary/aromatic N) is 7. The van der Waals surface area contributed by atoms with Gasteiger partial charge in [0, 0.05) is 151 Å². The molecule has 3 aromatic rings. The molecular weight excluding hydrogens is 1060 g/mol. The van der Waals surface area contributed by atoms with E-state index in [2.05, 4.69) is 73.8 Å². The summed E-state index contributed by atoms with van der Waals surface area (Å²) in [4.78, 5) is 66.2. The lowest BCUT2D eigenvalue weighted by atomic mass is 10.2. The zero-order valence-corrected chi connectivity index (χ0v) is 48.5. The van der Waals surface area contributed by atoms with Crippen LogP contribution in [0.2, 0.25) is 0 Å². The van der Waals surface area contributed by atoms with Crippen molar-refractivity contribution >= 4 is 68.3 Å². The molecule has 3 saturated heterocycles. The van der Waals surface area contributed by atoms with Gasteiger partial charge in [0.2, 0.25) is 0 Å². The van der Waals surface area contributed by atoms with Crippen LogP contribution in [0.4, 0.5) is 48.5 Å². The summed E-state index contributed by atoms with van der Waals surface area (Å²) in [5.41, 5.74) is 8.78. The number of halogens is 1. The Balaban J connectivity index is 0.000000282. The molecule has 0 aliphatic carbocycles. The molecule has 3 aliphatic heterocycles. The van der Waals surface area contributed by atoms with Crippen LogP contribution in [0.1, 0.15) is 81.6 Å². The minimum atomic E-state index is -0.474. The first-order valence-corrected chi connectivity index (χ1v) is 27.6. The van der Waals surface area contributed by atoms with Crippen molar-refractivity contribution in [1.82, 2.24) is 31.1 Å². The third-order valence-electron chi connectivity index (χ3n) is 11.6. The number of alkyl carbamates (subject to hydrolysis) is 3. The van der Waals surface area contributed by atoms with Crippen LogP contribution in [0.5, 0.6) is 0 Å². The van der Waals surface area contributed by atoms with Crippen LogP contribution in [-0.4, -0.2) is 171 Å². The summed E-state index contributed by atoms with van der Waals surface area (Å²) in [7, 11) is 0. The van der Waals surface area contributed by atoms with E-state index in [1.165, 1.54) is 5.69 Å². The Morgan fingerprint density at radius 3 is 1.12 bits per heavy atom. The molecule has 3 aromatic carbocycles. The molecule has 3 fully saturated rings. The number of carbonyl (C=O) groups is 3. The van der Waals surface area contributed by atoms with Gasteiger partial charge in [-0.25, -0.2) is 14.4 Å². The largest absolute Gasteiger partial charge is 0.444 e. The van der Waals surface area contributed by atoms with Crippen LogP contribution in [0.3, 0.4) is 0 Å². The maximum atomic E-state index is 11.6. The van der Waals surface area contributed by atoms with Crippen molar-refractivity contribution < 1.29 is 38.4 Å². The number of hydrogen-bond acceptors (Lipinski definition) is 17. The molecule has 0 bridgehead atoms. The Bertz CT molecular complexity index is 2200. The number of anilines is 4. The third kappa shape index (κ3) is 28.7. The number of nitrogen functional groups attached to an aromatic ring is 1. The molecular formula is C54H87BrN12O10. The second-order valence-corrected chi connectivity index (χ2v) is 22.4. The van der Waals surface area contributed by atoms with Gasteiger partial charge in [0.1, 0.15) is 16.8 Å². The van der Waals surface area contributed by atoms with E-state index in [0.29, 0.717) is 19.6 Å². The summed E-state index contributed by atoms with van der Waals surface area (Å²) >= 11 is 3.27. The Labute approximate surface area is 464 Å². The number of rotatable bonds is 16. The molecule has 430 valence electrons.